The lowest BCUT2D eigenvalue weighted by molar-refractivity contribution is 0.0917. The molecule has 2 rings (SSSR count). The Morgan fingerprint density at radius 1 is 1.30 bits per heavy atom. The molecule has 0 aliphatic heterocycles. The Hall–Kier alpha value is -2.30. The van der Waals surface area contributed by atoms with Gasteiger partial charge >= 0.3 is 0 Å². The molecule has 0 fully saturated rings. The van der Waals surface area contributed by atoms with Crippen LogP contribution in [0, 0.1) is 5.92 Å². The smallest absolute Gasteiger partial charge is 0.272 e. The van der Waals surface area contributed by atoms with Gasteiger partial charge in [-0.1, -0.05) is 44.2 Å². The Morgan fingerprint density at radius 2 is 1.95 bits per heavy atom. The topological polar surface area (TPSA) is 72.9 Å². The molecule has 2 aromatic rings. The summed E-state index contributed by atoms with van der Waals surface area (Å²) in [5, 5.41) is 7.03. The molecule has 0 aliphatic carbocycles. The molecular weight excluding hydrogens is 252 g/mol. The van der Waals surface area contributed by atoms with Crippen LogP contribution >= 0.6 is 0 Å². The molecule has 0 saturated carbocycles. The van der Waals surface area contributed by atoms with Gasteiger partial charge < -0.3 is 11.1 Å². The minimum Gasteiger partial charge on any atom is -0.396 e. The monoisotopic (exact) mass is 272 g/mol. The Morgan fingerprint density at radius 3 is 2.45 bits per heavy atom. The second kappa shape index (κ2) is 5.77. The first-order valence-electron chi connectivity index (χ1n) is 6.64. The highest BCUT2D eigenvalue weighted by molar-refractivity contribution is 5.97. The highest BCUT2D eigenvalue weighted by Crippen LogP contribution is 2.22. The zero-order valence-electron chi connectivity index (χ0n) is 12.0. The second-order valence-corrected chi connectivity index (χ2v) is 5.18. The summed E-state index contributed by atoms with van der Waals surface area (Å²) in [6.07, 6.45) is 1.49. The van der Waals surface area contributed by atoms with Gasteiger partial charge in [0.2, 0.25) is 0 Å². The molecule has 0 spiro atoms. The third-order valence-corrected chi connectivity index (χ3v) is 3.29. The van der Waals surface area contributed by atoms with Crippen molar-refractivity contribution >= 4 is 11.6 Å². The summed E-state index contributed by atoms with van der Waals surface area (Å²) in [4.78, 5) is 12.4. The molecule has 5 heteroatoms. The van der Waals surface area contributed by atoms with E-state index in [2.05, 4.69) is 24.3 Å². The molecule has 1 aromatic carbocycles. The van der Waals surface area contributed by atoms with Crippen molar-refractivity contribution in [3.8, 4) is 0 Å². The maximum absolute atomic E-state index is 12.4. The van der Waals surface area contributed by atoms with Crippen LogP contribution in [-0.4, -0.2) is 15.7 Å². The maximum atomic E-state index is 12.4. The predicted molar refractivity (Wildman–Crippen MR) is 79.1 cm³/mol. The Kier molecular flexibility index (Phi) is 4.08. The van der Waals surface area contributed by atoms with Crippen molar-refractivity contribution in [2.24, 2.45) is 13.0 Å². The van der Waals surface area contributed by atoms with Crippen molar-refractivity contribution in [2.75, 3.05) is 5.73 Å². The van der Waals surface area contributed by atoms with Crippen LogP contribution in [0.15, 0.2) is 36.5 Å². The van der Waals surface area contributed by atoms with E-state index in [0.717, 1.165) is 5.56 Å². The van der Waals surface area contributed by atoms with Gasteiger partial charge in [0.15, 0.2) is 0 Å². The number of amides is 1. The summed E-state index contributed by atoms with van der Waals surface area (Å²) >= 11 is 0. The number of aromatic nitrogens is 2. The predicted octanol–water partition coefficient (Wildman–Crippen LogP) is 2.13. The number of nitrogens with one attached hydrogen (secondary N) is 1. The summed E-state index contributed by atoms with van der Waals surface area (Å²) in [5.74, 6) is 0.0702. The first-order valence-corrected chi connectivity index (χ1v) is 6.64. The zero-order chi connectivity index (χ0) is 14.7. The van der Waals surface area contributed by atoms with Gasteiger partial charge in [-0.3, -0.25) is 9.48 Å². The van der Waals surface area contributed by atoms with Crippen LogP contribution < -0.4 is 11.1 Å². The van der Waals surface area contributed by atoms with Gasteiger partial charge in [-0.15, -0.1) is 0 Å². The van der Waals surface area contributed by atoms with Gasteiger partial charge in [0.25, 0.3) is 5.91 Å². The van der Waals surface area contributed by atoms with Gasteiger partial charge in [0, 0.05) is 7.05 Å². The van der Waals surface area contributed by atoms with Crippen molar-refractivity contribution in [2.45, 2.75) is 19.9 Å². The summed E-state index contributed by atoms with van der Waals surface area (Å²) in [6, 6.07) is 9.86. The van der Waals surface area contributed by atoms with Crippen LogP contribution in [0.1, 0.15) is 35.9 Å². The van der Waals surface area contributed by atoms with Crippen LogP contribution in [0.4, 0.5) is 5.69 Å². The first kappa shape index (κ1) is 14.1. The number of carbonyl (C=O) groups excluding carboxylic acids is 1. The van der Waals surface area contributed by atoms with Gasteiger partial charge in [-0.05, 0) is 11.5 Å². The van der Waals surface area contributed by atoms with E-state index >= 15 is 0 Å². The molecule has 0 bridgehead atoms. The van der Waals surface area contributed by atoms with E-state index in [-0.39, 0.29) is 17.9 Å². The van der Waals surface area contributed by atoms with Crippen LogP contribution in [-0.2, 0) is 7.05 Å². The van der Waals surface area contributed by atoms with Crippen LogP contribution in [0.5, 0.6) is 0 Å². The Bertz CT molecular complexity index is 570. The summed E-state index contributed by atoms with van der Waals surface area (Å²) in [6.45, 7) is 4.15. The largest absolute Gasteiger partial charge is 0.396 e. The third kappa shape index (κ3) is 2.82. The van der Waals surface area contributed by atoms with Gasteiger partial charge in [-0.25, -0.2) is 0 Å². The van der Waals surface area contributed by atoms with Gasteiger partial charge in [0.05, 0.1) is 17.9 Å². The SMILES string of the molecule is CC(C)C(NC(=O)c1c(N)cnn1C)c1ccccc1. The van der Waals surface area contributed by atoms with Gasteiger partial charge in [0.1, 0.15) is 5.69 Å². The molecule has 20 heavy (non-hydrogen) atoms. The van der Waals surface area contributed by atoms with Crippen molar-refractivity contribution in [3.05, 3.63) is 47.8 Å². The Balaban J connectivity index is 2.24. The molecule has 1 heterocycles. The fourth-order valence-corrected chi connectivity index (χ4v) is 2.24. The Labute approximate surface area is 118 Å². The minimum absolute atomic E-state index is 0.0574. The molecule has 106 valence electrons. The molecule has 1 aromatic heterocycles. The maximum Gasteiger partial charge on any atom is 0.272 e. The molecule has 5 nitrogen and oxygen atoms in total. The molecule has 0 aliphatic rings. The summed E-state index contributed by atoms with van der Waals surface area (Å²) < 4.78 is 1.49. The summed E-state index contributed by atoms with van der Waals surface area (Å²) in [5.41, 5.74) is 7.65. The zero-order valence-corrected chi connectivity index (χ0v) is 12.0. The number of carbonyl (C=O) groups is 1. The number of aryl methyl sites for hydroxylation is 1. The van der Waals surface area contributed by atoms with Crippen molar-refractivity contribution in [1.29, 1.82) is 0 Å². The lowest BCUT2D eigenvalue weighted by Gasteiger charge is -2.23. The average Bonchev–Trinajstić information content (AvgIpc) is 2.76. The van der Waals surface area contributed by atoms with E-state index in [4.69, 9.17) is 5.73 Å². The van der Waals surface area contributed by atoms with Gasteiger partial charge in [-0.2, -0.15) is 5.10 Å². The van der Waals surface area contributed by atoms with E-state index < -0.39 is 0 Å². The van der Waals surface area contributed by atoms with E-state index in [0.29, 0.717) is 11.4 Å². The molecular formula is C15H20N4O. The number of rotatable bonds is 4. The molecule has 3 N–H and O–H groups in total. The molecule has 1 atom stereocenters. The minimum atomic E-state index is -0.204. The van der Waals surface area contributed by atoms with Crippen LogP contribution in [0.2, 0.25) is 0 Å². The third-order valence-electron chi connectivity index (χ3n) is 3.29. The van der Waals surface area contributed by atoms with Crippen molar-refractivity contribution in [3.63, 3.8) is 0 Å². The van der Waals surface area contributed by atoms with E-state index in [1.807, 2.05) is 30.3 Å². The molecule has 0 saturated heterocycles. The highest BCUT2D eigenvalue weighted by Gasteiger charge is 2.22. The average molecular weight is 272 g/mol. The fraction of sp³-hybridized carbons (Fsp3) is 0.333. The molecule has 0 radical (unpaired) electrons. The number of benzene rings is 1. The number of anilines is 1. The van der Waals surface area contributed by atoms with E-state index in [1.54, 1.807) is 7.05 Å². The number of hydrogen-bond acceptors (Lipinski definition) is 3. The highest BCUT2D eigenvalue weighted by atomic mass is 16.2. The number of hydrogen-bond donors (Lipinski definition) is 2. The number of nitrogens with zero attached hydrogens (tertiary/aromatic N) is 2. The van der Waals surface area contributed by atoms with Crippen molar-refractivity contribution < 1.29 is 4.79 Å². The quantitative estimate of drug-likeness (QED) is 0.895. The van der Waals surface area contributed by atoms with E-state index in [9.17, 15) is 4.79 Å². The molecule has 1 unspecified atom stereocenters. The second-order valence-electron chi connectivity index (χ2n) is 5.18. The number of nitrogens with two attached hydrogens (primary N) is 1. The van der Waals surface area contributed by atoms with E-state index in [1.165, 1.54) is 10.9 Å². The summed E-state index contributed by atoms with van der Waals surface area (Å²) in [7, 11) is 1.71. The normalized spacial score (nSPS) is 12.4. The first-order chi connectivity index (χ1) is 9.50. The van der Waals surface area contributed by atoms with Crippen LogP contribution in [0.3, 0.4) is 0 Å². The molecule has 1 amide bonds. The van der Waals surface area contributed by atoms with Crippen LogP contribution in [0.25, 0.3) is 0 Å². The standard InChI is InChI=1S/C15H20N4O/c1-10(2)13(11-7-5-4-6-8-11)18-15(20)14-12(16)9-17-19(14)3/h4-10,13H,16H2,1-3H3,(H,18,20). The lowest BCUT2D eigenvalue weighted by atomic mass is 9.96. The lowest BCUT2D eigenvalue weighted by Crippen LogP contribution is -2.33. The number of nitrogen functional groups attached to an aromatic ring is 1. The van der Waals surface area contributed by atoms with Crippen molar-refractivity contribution in [1.82, 2.24) is 15.1 Å². The fourth-order valence-electron chi connectivity index (χ4n) is 2.24.